The van der Waals surface area contributed by atoms with Crippen LogP contribution in [0.25, 0.3) is 0 Å². The zero-order chi connectivity index (χ0) is 10.6. The maximum absolute atomic E-state index is 12.5. The lowest BCUT2D eigenvalue weighted by atomic mass is 10.3. The van der Waals surface area contributed by atoms with Gasteiger partial charge >= 0.3 is 6.09 Å². The molecule has 1 N–H and O–H groups in total. The third kappa shape index (κ3) is 3.43. The number of carbonyl (C=O) groups excluding carboxylic acids is 1. The first kappa shape index (κ1) is 10.5. The molecule has 0 saturated carbocycles. The molecule has 3 nitrogen and oxygen atoms in total. The van der Waals surface area contributed by atoms with Gasteiger partial charge in [0, 0.05) is 5.69 Å². The van der Waals surface area contributed by atoms with Gasteiger partial charge in [-0.1, -0.05) is 0 Å². The molecule has 1 aromatic carbocycles. The first-order valence-corrected chi connectivity index (χ1v) is 4.31. The Hall–Kier alpha value is -1.58. The van der Waals surface area contributed by atoms with Gasteiger partial charge in [0.05, 0.1) is 6.10 Å². The van der Waals surface area contributed by atoms with Gasteiger partial charge in [0.1, 0.15) is 5.82 Å². The number of nitrogens with one attached hydrogen (secondary N) is 1. The van der Waals surface area contributed by atoms with Crippen LogP contribution in [0.4, 0.5) is 14.9 Å². The number of amides is 1. The van der Waals surface area contributed by atoms with Crippen molar-refractivity contribution in [3.05, 3.63) is 30.1 Å². The smallest absolute Gasteiger partial charge is 0.411 e. The normalized spacial score (nSPS) is 10.0. The third-order valence-electron chi connectivity index (χ3n) is 1.43. The van der Waals surface area contributed by atoms with Crippen LogP contribution in [0.5, 0.6) is 0 Å². The summed E-state index contributed by atoms with van der Waals surface area (Å²) < 4.78 is 17.3. The van der Waals surface area contributed by atoms with Gasteiger partial charge in [-0.15, -0.1) is 0 Å². The van der Waals surface area contributed by atoms with Gasteiger partial charge in [0.25, 0.3) is 0 Å². The molecule has 0 heterocycles. The van der Waals surface area contributed by atoms with Gasteiger partial charge in [0.2, 0.25) is 0 Å². The molecule has 14 heavy (non-hydrogen) atoms. The second-order valence-electron chi connectivity index (χ2n) is 3.09. The van der Waals surface area contributed by atoms with E-state index in [1.807, 2.05) is 0 Å². The summed E-state index contributed by atoms with van der Waals surface area (Å²) in [6.45, 7) is 3.51. The van der Waals surface area contributed by atoms with E-state index in [1.165, 1.54) is 24.3 Å². The number of hydrogen-bond donors (Lipinski definition) is 1. The van der Waals surface area contributed by atoms with E-state index in [-0.39, 0.29) is 11.9 Å². The van der Waals surface area contributed by atoms with Crippen LogP contribution >= 0.6 is 0 Å². The van der Waals surface area contributed by atoms with Gasteiger partial charge in [0.15, 0.2) is 0 Å². The van der Waals surface area contributed by atoms with Crippen LogP contribution < -0.4 is 5.32 Å². The largest absolute Gasteiger partial charge is 0.447 e. The fourth-order valence-corrected chi connectivity index (χ4v) is 0.895. The molecular formula is C10H12FNO2. The van der Waals surface area contributed by atoms with E-state index in [0.717, 1.165) is 0 Å². The van der Waals surface area contributed by atoms with Crippen LogP contribution in [-0.2, 0) is 4.74 Å². The maximum Gasteiger partial charge on any atom is 0.411 e. The van der Waals surface area contributed by atoms with Crippen molar-refractivity contribution in [3.63, 3.8) is 0 Å². The summed E-state index contributed by atoms with van der Waals surface area (Å²) >= 11 is 0. The van der Waals surface area contributed by atoms with E-state index in [4.69, 9.17) is 4.74 Å². The molecule has 0 fully saturated rings. The number of rotatable bonds is 2. The highest BCUT2D eigenvalue weighted by Crippen LogP contribution is 2.08. The van der Waals surface area contributed by atoms with Gasteiger partial charge < -0.3 is 4.74 Å². The summed E-state index contributed by atoms with van der Waals surface area (Å²) in [5, 5.41) is 2.47. The van der Waals surface area contributed by atoms with Gasteiger partial charge in [-0.25, -0.2) is 9.18 Å². The highest BCUT2D eigenvalue weighted by molar-refractivity contribution is 5.84. The number of halogens is 1. The number of benzene rings is 1. The molecule has 0 aliphatic rings. The number of carbonyl (C=O) groups is 1. The Bertz CT molecular complexity index is 308. The standard InChI is InChI=1S/C10H12FNO2/c1-7(2)14-10(13)12-9-5-3-8(11)4-6-9/h3-7H,1-2H3,(H,12,13). The molecule has 1 aromatic rings. The summed E-state index contributed by atoms with van der Waals surface area (Å²) in [5.41, 5.74) is 0.511. The topological polar surface area (TPSA) is 38.3 Å². The first-order valence-electron chi connectivity index (χ1n) is 4.31. The van der Waals surface area contributed by atoms with E-state index in [0.29, 0.717) is 5.69 Å². The Morgan fingerprint density at radius 3 is 2.43 bits per heavy atom. The molecule has 0 atom stereocenters. The van der Waals surface area contributed by atoms with Crippen LogP contribution in [0.2, 0.25) is 0 Å². The van der Waals surface area contributed by atoms with Crippen LogP contribution in [-0.4, -0.2) is 12.2 Å². The lowest BCUT2D eigenvalue weighted by molar-refractivity contribution is 0.130. The monoisotopic (exact) mass is 197 g/mol. The molecule has 0 unspecified atom stereocenters. The van der Waals surface area contributed by atoms with E-state index in [2.05, 4.69) is 5.32 Å². The molecule has 0 bridgehead atoms. The predicted octanol–water partition coefficient (Wildman–Crippen LogP) is 2.78. The molecule has 76 valence electrons. The van der Waals surface area contributed by atoms with Crippen LogP contribution in [0.3, 0.4) is 0 Å². The number of ether oxygens (including phenoxy) is 1. The minimum absolute atomic E-state index is 0.171. The highest BCUT2D eigenvalue weighted by atomic mass is 19.1. The SMILES string of the molecule is CC(C)OC(=O)Nc1ccc(F)cc1. The Kier molecular flexibility index (Phi) is 3.45. The van der Waals surface area contributed by atoms with E-state index in [9.17, 15) is 9.18 Å². The second-order valence-corrected chi connectivity index (χ2v) is 3.09. The fourth-order valence-electron chi connectivity index (χ4n) is 0.895. The molecule has 0 aromatic heterocycles. The molecular weight excluding hydrogens is 185 g/mol. The van der Waals surface area contributed by atoms with Crippen molar-refractivity contribution in [2.24, 2.45) is 0 Å². The molecule has 0 aliphatic carbocycles. The molecule has 4 heteroatoms. The van der Waals surface area contributed by atoms with Crippen molar-refractivity contribution >= 4 is 11.8 Å². The highest BCUT2D eigenvalue weighted by Gasteiger charge is 2.04. The molecule has 0 saturated heterocycles. The zero-order valence-corrected chi connectivity index (χ0v) is 8.08. The van der Waals surface area contributed by atoms with Crippen LogP contribution in [0.15, 0.2) is 24.3 Å². The summed E-state index contributed by atoms with van der Waals surface area (Å²) in [6.07, 6.45) is -0.706. The molecule has 0 aliphatic heterocycles. The third-order valence-corrected chi connectivity index (χ3v) is 1.43. The Labute approximate surface area is 81.9 Å². The van der Waals surface area contributed by atoms with E-state index >= 15 is 0 Å². The molecule has 0 spiro atoms. The minimum Gasteiger partial charge on any atom is -0.447 e. The summed E-state index contributed by atoms with van der Waals surface area (Å²) in [7, 11) is 0. The molecule has 1 rings (SSSR count). The van der Waals surface area contributed by atoms with Crippen molar-refractivity contribution in [3.8, 4) is 0 Å². The van der Waals surface area contributed by atoms with Crippen molar-refractivity contribution in [1.82, 2.24) is 0 Å². The molecule has 1 amide bonds. The second kappa shape index (κ2) is 4.60. The van der Waals surface area contributed by atoms with Crippen molar-refractivity contribution in [2.75, 3.05) is 5.32 Å². The quantitative estimate of drug-likeness (QED) is 0.791. The van der Waals surface area contributed by atoms with Gasteiger partial charge in [-0.05, 0) is 38.1 Å². The van der Waals surface area contributed by atoms with Gasteiger partial charge in [-0.2, -0.15) is 0 Å². The van der Waals surface area contributed by atoms with Crippen molar-refractivity contribution in [2.45, 2.75) is 20.0 Å². The van der Waals surface area contributed by atoms with Crippen LogP contribution in [0, 0.1) is 5.82 Å². The molecule has 0 radical (unpaired) electrons. The number of anilines is 1. The average Bonchev–Trinajstić information content (AvgIpc) is 2.07. The average molecular weight is 197 g/mol. The Morgan fingerprint density at radius 2 is 1.93 bits per heavy atom. The van der Waals surface area contributed by atoms with E-state index < -0.39 is 6.09 Å². The van der Waals surface area contributed by atoms with Crippen LogP contribution in [0.1, 0.15) is 13.8 Å². The Balaban J connectivity index is 2.52. The zero-order valence-electron chi connectivity index (χ0n) is 8.08. The fraction of sp³-hybridized carbons (Fsp3) is 0.300. The summed E-state index contributed by atoms with van der Waals surface area (Å²) in [5.74, 6) is -0.340. The lowest BCUT2D eigenvalue weighted by Gasteiger charge is -2.08. The van der Waals surface area contributed by atoms with Gasteiger partial charge in [-0.3, -0.25) is 5.32 Å². The number of hydrogen-bond acceptors (Lipinski definition) is 2. The Morgan fingerprint density at radius 1 is 1.36 bits per heavy atom. The van der Waals surface area contributed by atoms with E-state index in [1.54, 1.807) is 13.8 Å². The van der Waals surface area contributed by atoms with Crippen molar-refractivity contribution < 1.29 is 13.9 Å². The predicted molar refractivity (Wildman–Crippen MR) is 51.6 cm³/mol. The summed E-state index contributed by atoms with van der Waals surface area (Å²) in [4.78, 5) is 11.1. The maximum atomic E-state index is 12.5. The lowest BCUT2D eigenvalue weighted by Crippen LogP contribution is -2.17. The van der Waals surface area contributed by atoms with Crippen molar-refractivity contribution in [1.29, 1.82) is 0 Å². The first-order chi connectivity index (χ1) is 6.58. The summed E-state index contributed by atoms with van der Waals surface area (Å²) in [6, 6.07) is 5.48. The minimum atomic E-state index is -0.536.